The van der Waals surface area contributed by atoms with Crippen molar-refractivity contribution < 1.29 is 22.7 Å². The van der Waals surface area contributed by atoms with Gasteiger partial charge in [-0.3, -0.25) is 10.0 Å². The Labute approximate surface area is 216 Å². The van der Waals surface area contributed by atoms with Crippen molar-refractivity contribution in [3.05, 3.63) is 46.5 Å². The highest BCUT2D eigenvalue weighted by Crippen LogP contribution is 2.30. The Morgan fingerprint density at radius 2 is 2.00 bits per heavy atom. The molecule has 0 spiro atoms. The number of aromatic nitrogens is 4. The first-order valence-electron chi connectivity index (χ1n) is 11.0. The predicted octanol–water partition coefficient (Wildman–Crippen LogP) is 4.62. The van der Waals surface area contributed by atoms with Crippen LogP contribution in [0, 0.1) is 0 Å². The summed E-state index contributed by atoms with van der Waals surface area (Å²) in [6.45, 7) is 7.52. The maximum absolute atomic E-state index is 12.7. The topological polar surface area (TPSA) is 137 Å². The summed E-state index contributed by atoms with van der Waals surface area (Å²) in [5, 5.41) is 11.1. The number of pyridine rings is 1. The van der Waals surface area contributed by atoms with E-state index in [0.717, 1.165) is 12.7 Å². The van der Waals surface area contributed by atoms with Crippen molar-refractivity contribution in [3.63, 3.8) is 0 Å². The SMILES string of the molecule is CCC(C)=C/C=C\C(=C(/C)Cl)C(C)OC(=O)Nc1c(-c2ccc(NS(C)(=O)=O)c(OC)n2)nnn1C. The van der Waals surface area contributed by atoms with Crippen LogP contribution in [0.3, 0.4) is 0 Å². The molecule has 1 amide bonds. The average Bonchev–Trinajstić information content (AvgIpc) is 3.15. The van der Waals surface area contributed by atoms with Gasteiger partial charge in [-0.25, -0.2) is 22.9 Å². The van der Waals surface area contributed by atoms with Crippen molar-refractivity contribution in [2.24, 2.45) is 7.05 Å². The summed E-state index contributed by atoms with van der Waals surface area (Å²) >= 11 is 6.23. The van der Waals surface area contributed by atoms with E-state index >= 15 is 0 Å². The molecule has 1 atom stereocenters. The molecule has 0 bridgehead atoms. The molecule has 0 aliphatic heterocycles. The van der Waals surface area contributed by atoms with Gasteiger partial charge in [0.2, 0.25) is 15.9 Å². The van der Waals surface area contributed by atoms with E-state index in [1.165, 1.54) is 29.5 Å². The number of nitrogens with zero attached hydrogens (tertiary/aromatic N) is 4. The molecular formula is C23H31ClN6O5S. The van der Waals surface area contributed by atoms with E-state index in [4.69, 9.17) is 21.1 Å². The first-order chi connectivity index (χ1) is 16.9. The largest absolute Gasteiger partial charge is 0.479 e. The van der Waals surface area contributed by atoms with Crippen LogP contribution in [0.15, 0.2) is 46.5 Å². The van der Waals surface area contributed by atoms with Crippen LogP contribution in [0.25, 0.3) is 11.4 Å². The van der Waals surface area contributed by atoms with E-state index in [0.29, 0.717) is 16.3 Å². The monoisotopic (exact) mass is 538 g/mol. The van der Waals surface area contributed by atoms with Crippen LogP contribution in [0.2, 0.25) is 0 Å². The lowest BCUT2D eigenvalue weighted by molar-refractivity contribution is 0.138. The Balaban J connectivity index is 2.26. The second-order valence-corrected chi connectivity index (χ2v) is 10.2. The molecule has 2 N–H and O–H groups in total. The summed E-state index contributed by atoms with van der Waals surface area (Å²) in [4.78, 5) is 17.0. The van der Waals surface area contributed by atoms with Gasteiger partial charge in [-0.15, -0.1) is 5.10 Å². The molecule has 2 rings (SSSR count). The molecule has 1 unspecified atom stereocenters. The number of nitrogens with one attached hydrogen (secondary N) is 2. The zero-order chi connectivity index (χ0) is 27.0. The van der Waals surface area contributed by atoms with Crippen LogP contribution in [-0.4, -0.2) is 54.0 Å². The summed E-state index contributed by atoms with van der Waals surface area (Å²) in [7, 11) is -0.598. The average molecular weight is 539 g/mol. The number of sulfonamides is 1. The number of methoxy groups -OCH3 is 1. The molecular weight excluding hydrogens is 508 g/mol. The number of ether oxygens (including phenoxy) is 2. The van der Waals surface area contributed by atoms with Crippen LogP contribution in [-0.2, 0) is 21.8 Å². The van der Waals surface area contributed by atoms with E-state index in [9.17, 15) is 13.2 Å². The number of allylic oxidation sites excluding steroid dienone is 4. The molecule has 0 aromatic carbocycles. The lowest BCUT2D eigenvalue weighted by Crippen LogP contribution is -2.23. The van der Waals surface area contributed by atoms with Gasteiger partial charge in [0.15, 0.2) is 11.5 Å². The summed E-state index contributed by atoms with van der Waals surface area (Å²) in [6, 6.07) is 3.00. The van der Waals surface area contributed by atoms with Crippen LogP contribution < -0.4 is 14.8 Å². The fraction of sp³-hybridized carbons (Fsp3) is 0.391. The lowest BCUT2D eigenvalue weighted by Gasteiger charge is -2.16. The molecule has 0 radical (unpaired) electrons. The normalized spacial score (nSPS) is 13.8. The summed E-state index contributed by atoms with van der Waals surface area (Å²) in [5.41, 5.74) is 2.53. The highest BCUT2D eigenvalue weighted by Gasteiger charge is 2.21. The maximum atomic E-state index is 12.7. The highest BCUT2D eigenvalue weighted by molar-refractivity contribution is 7.92. The molecule has 36 heavy (non-hydrogen) atoms. The zero-order valence-corrected chi connectivity index (χ0v) is 22.9. The highest BCUT2D eigenvalue weighted by atomic mass is 35.5. The number of aryl methyl sites for hydroxylation is 1. The standard InChI is InChI=1S/C23H31ClN6O5S/c1-8-14(2)10-9-11-17(15(3)24)16(4)35-23(31)26-21-20(27-29-30(21)5)18-12-13-19(22(25-18)34-6)28-36(7,32)33/h9-13,16,28H,8H2,1-7H3,(H,26,31)/b11-9-,14-10?,17-15-. The van der Waals surface area contributed by atoms with Crippen molar-refractivity contribution in [2.45, 2.75) is 40.2 Å². The predicted molar refractivity (Wildman–Crippen MR) is 141 cm³/mol. The van der Waals surface area contributed by atoms with Crippen LogP contribution >= 0.6 is 11.6 Å². The van der Waals surface area contributed by atoms with E-state index < -0.39 is 22.2 Å². The number of hydrogen-bond acceptors (Lipinski definition) is 8. The molecule has 2 aromatic rings. The molecule has 0 fully saturated rings. The second kappa shape index (κ2) is 12.5. The van der Waals surface area contributed by atoms with Gasteiger partial charge in [-0.05, 0) is 39.3 Å². The molecule has 2 heterocycles. The van der Waals surface area contributed by atoms with Crippen molar-refractivity contribution >= 4 is 39.2 Å². The van der Waals surface area contributed by atoms with Gasteiger partial charge < -0.3 is 9.47 Å². The first kappa shape index (κ1) is 28.9. The molecule has 11 nitrogen and oxygen atoms in total. The summed E-state index contributed by atoms with van der Waals surface area (Å²) < 4.78 is 37.6. The third kappa shape index (κ3) is 8.09. The lowest BCUT2D eigenvalue weighted by atomic mass is 10.1. The maximum Gasteiger partial charge on any atom is 0.413 e. The molecule has 196 valence electrons. The summed E-state index contributed by atoms with van der Waals surface area (Å²) in [6.07, 6.45) is 6.19. The Hall–Kier alpha value is -3.38. The second-order valence-electron chi connectivity index (χ2n) is 7.92. The van der Waals surface area contributed by atoms with E-state index in [1.807, 2.05) is 19.1 Å². The fourth-order valence-corrected chi connectivity index (χ4v) is 3.76. The number of hydrogen-bond donors (Lipinski definition) is 2. The number of carbonyl (C=O) groups is 1. The third-order valence-corrected chi connectivity index (χ3v) is 5.78. The van der Waals surface area contributed by atoms with Gasteiger partial charge >= 0.3 is 6.09 Å². The van der Waals surface area contributed by atoms with Crippen molar-refractivity contribution in [2.75, 3.05) is 23.4 Å². The minimum absolute atomic E-state index is 0.0252. The minimum atomic E-state index is -3.54. The van der Waals surface area contributed by atoms with Crippen molar-refractivity contribution in [1.29, 1.82) is 0 Å². The zero-order valence-electron chi connectivity index (χ0n) is 21.3. The van der Waals surface area contributed by atoms with E-state index in [1.54, 1.807) is 27.0 Å². The molecule has 0 aliphatic rings. The van der Waals surface area contributed by atoms with Gasteiger partial charge in [0.25, 0.3) is 0 Å². The van der Waals surface area contributed by atoms with Gasteiger partial charge in [-0.1, -0.05) is 47.5 Å². The van der Waals surface area contributed by atoms with Crippen LogP contribution in [0.1, 0.15) is 34.1 Å². The first-order valence-corrected chi connectivity index (χ1v) is 13.2. The third-order valence-electron chi connectivity index (χ3n) is 4.97. The van der Waals surface area contributed by atoms with Gasteiger partial charge in [0, 0.05) is 17.7 Å². The molecule has 2 aromatic heterocycles. The van der Waals surface area contributed by atoms with E-state index in [2.05, 4.69) is 32.3 Å². The van der Waals surface area contributed by atoms with Crippen LogP contribution in [0.4, 0.5) is 16.3 Å². The quantitative estimate of drug-likeness (QED) is 0.418. The summed E-state index contributed by atoms with van der Waals surface area (Å²) in [5.74, 6) is 0.244. The van der Waals surface area contributed by atoms with Crippen molar-refractivity contribution in [1.82, 2.24) is 20.0 Å². The number of amides is 1. The van der Waals surface area contributed by atoms with Gasteiger partial charge in [0.1, 0.15) is 11.8 Å². The fourth-order valence-electron chi connectivity index (χ4n) is 2.99. The molecule has 0 saturated heterocycles. The van der Waals surface area contributed by atoms with E-state index in [-0.39, 0.29) is 23.1 Å². The van der Waals surface area contributed by atoms with Gasteiger partial charge in [-0.2, -0.15) is 0 Å². The smallest absolute Gasteiger partial charge is 0.413 e. The number of halogens is 1. The van der Waals surface area contributed by atoms with Crippen LogP contribution in [0.5, 0.6) is 5.88 Å². The Morgan fingerprint density at radius 3 is 2.58 bits per heavy atom. The van der Waals surface area contributed by atoms with Gasteiger partial charge in [0.05, 0.1) is 19.1 Å². The Morgan fingerprint density at radius 1 is 1.31 bits per heavy atom. The molecule has 0 aliphatic carbocycles. The Kier molecular flexibility index (Phi) is 10.1. The molecule has 0 saturated carbocycles. The number of rotatable bonds is 10. The molecule has 13 heteroatoms. The minimum Gasteiger partial charge on any atom is -0.479 e. The Bertz CT molecular complexity index is 1300. The van der Waals surface area contributed by atoms with Crippen molar-refractivity contribution in [3.8, 4) is 17.3 Å². The number of carbonyl (C=O) groups excluding carboxylic acids is 1. The number of anilines is 2.